The fraction of sp³-hybridized carbons (Fsp3) is 0.414. The number of nitrogens with zero attached hydrogens (tertiary/aromatic N) is 2. The number of hydrogen-bond donors (Lipinski definition) is 2. The first-order chi connectivity index (χ1) is 16.8. The van der Waals surface area contributed by atoms with Crippen LogP contribution in [0.5, 0.6) is 0 Å². The number of benzene rings is 1. The van der Waals surface area contributed by atoms with Crippen LogP contribution in [-0.2, 0) is 0 Å². The maximum absolute atomic E-state index is 14.7. The number of hydrogen-bond acceptors (Lipinski definition) is 4. The number of likely N-dealkylation sites (tertiary alicyclic amines) is 1. The van der Waals surface area contributed by atoms with E-state index in [0.717, 1.165) is 66.1 Å². The van der Waals surface area contributed by atoms with Gasteiger partial charge in [0.25, 0.3) is 5.56 Å². The van der Waals surface area contributed by atoms with Crippen molar-refractivity contribution in [3.8, 4) is 0 Å². The van der Waals surface area contributed by atoms with Crippen LogP contribution in [0.15, 0.2) is 64.8 Å². The van der Waals surface area contributed by atoms with Crippen molar-refractivity contribution in [1.82, 2.24) is 14.8 Å². The fourth-order valence-corrected chi connectivity index (χ4v) is 5.42. The predicted octanol–water partition coefficient (Wildman–Crippen LogP) is 5.19. The molecule has 2 N–H and O–H groups in total. The van der Waals surface area contributed by atoms with E-state index in [9.17, 15) is 9.18 Å². The van der Waals surface area contributed by atoms with Gasteiger partial charge in [-0.25, -0.2) is 4.39 Å². The van der Waals surface area contributed by atoms with Crippen LogP contribution in [0.3, 0.4) is 0 Å². The van der Waals surface area contributed by atoms with Crippen LogP contribution in [0, 0.1) is 19.7 Å². The molecule has 2 aliphatic rings. The molecule has 1 aromatic carbocycles. The monoisotopic (exact) mass is 476 g/mol. The van der Waals surface area contributed by atoms with E-state index in [2.05, 4.69) is 41.5 Å². The van der Waals surface area contributed by atoms with Crippen LogP contribution in [0.4, 0.5) is 10.1 Å². The van der Waals surface area contributed by atoms with Gasteiger partial charge in [-0.05, 0) is 106 Å². The third kappa shape index (κ3) is 5.59. The zero-order valence-electron chi connectivity index (χ0n) is 21.5. The molecule has 1 saturated heterocycles. The molecule has 1 atom stereocenters. The van der Waals surface area contributed by atoms with E-state index in [4.69, 9.17) is 0 Å². The van der Waals surface area contributed by atoms with E-state index in [1.165, 1.54) is 5.57 Å². The van der Waals surface area contributed by atoms with Crippen molar-refractivity contribution < 1.29 is 4.39 Å². The van der Waals surface area contributed by atoms with Gasteiger partial charge in [-0.3, -0.25) is 14.3 Å². The average Bonchev–Trinajstić information content (AvgIpc) is 2.81. The zero-order chi connectivity index (χ0) is 25.1. The highest BCUT2D eigenvalue weighted by molar-refractivity contribution is 5.67. The van der Waals surface area contributed by atoms with Gasteiger partial charge in [0.15, 0.2) is 0 Å². The van der Waals surface area contributed by atoms with E-state index in [1.807, 2.05) is 45.4 Å². The quantitative estimate of drug-likeness (QED) is 0.603. The van der Waals surface area contributed by atoms with Crippen molar-refractivity contribution in [3.05, 3.63) is 92.8 Å². The first-order valence-corrected chi connectivity index (χ1v) is 12.5. The number of piperidine rings is 1. The van der Waals surface area contributed by atoms with E-state index in [-0.39, 0.29) is 23.3 Å². The molecule has 3 heterocycles. The molecule has 1 unspecified atom stereocenters. The SMILES string of the molecule is CNc1ccn(C2=C(/C=C(\C)CN3CCC(c4c(C)cc(C)cc4F)CC3)C(C)NC=C2)c(=O)c1. The van der Waals surface area contributed by atoms with Gasteiger partial charge in [0.1, 0.15) is 5.82 Å². The summed E-state index contributed by atoms with van der Waals surface area (Å²) in [5.41, 5.74) is 6.94. The summed E-state index contributed by atoms with van der Waals surface area (Å²) in [7, 11) is 1.81. The largest absolute Gasteiger partial charge is 0.388 e. The van der Waals surface area contributed by atoms with Crippen molar-refractivity contribution in [3.63, 3.8) is 0 Å². The van der Waals surface area contributed by atoms with Gasteiger partial charge < -0.3 is 10.6 Å². The molecule has 0 amide bonds. The Balaban J connectivity index is 1.49. The number of aromatic nitrogens is 1. The maximum Gasteiger partial charge on any atom is 0.257 e. The zero-order valence-corrected chi connectivity index (χ0v) is 21.5. The number of dihydropyridines is 1. The molecule has 186 valence electrons. The van der Waals surface area contributed by atoms with Gasteiger partial charge in [0, 0.05) is 31.5 Å². The summed E-state index contributed by atoms with van der Waals surface area (Å²) < 4.78 is 16.4. The minimum Gasteiger partial charge on any atom is -0.388 e. The minimum absolute atomic E-state index is 0.0543. The molecule has 1 fully saturated rings. The van der Waals surface area contributed by atoms with E-state index in [0.29, 0.717) is 0 Å². The molecule has 1 aromatic heterocycles. The summed E-state index contributed by atoms with van der Waals surface area (Å²) in [6, 6.07) is 7.38. The Labute approximate surface area is 208 Å². The molecule has 0 bridgehead atoms. The summed E-state index contributed by atoms with van der Waals surface area (Å²) in [6.07, 6.45) is 9.84. The van der Waals surface area contributed by atoms with Crippen LogP contribution in [0.1, 0.15) is 49.3 Å². The number of halogens is 1. The van der Waals surface area contributed by atoms with Crippen molar-refractivity contribution in [2.45, 2.75) is 52.5 Å². The molecule has 5 nitrogen and oxygen atoms in total. The second-order valence-corrected chi connectivity index (χ2v) is 9.95. The summed E-state index contributed by atoms with van der Waals surface area (Å²) in [6.45, 7) is 11.0. The lowest BCUT2D eigenvalue weighted by molar-refractivity contribution is 0.226. The molecule has 0 radical (unpaired) electrons. The standard InChI is InChI=1S/C29H37FN4O/c1-19-14-21(3)29(26(30)16-19)23-7-11-33(12-8-23)18-20(2)15-25-22(4)32-10-6-27(25)34-13-9-24(31-5)17-28(34)35/h6,9-10,13-17,22-23,31-32H,7-8,11-12,18H2,1-5H3/b20-15+. The van der Waals surface area contributed by atoms with Gasteiger partial charge in [0.2, 0.25) is 0 Å². The lowest BCUT2D eigenvalue weighted by Crippen LogP contribution is -2.35. The summed E-state index contributed by atoms with van der Waals surface area (Å²) in [4.78, 5) is 15.2. The first-order valence-electron chi connectivity index (χ1n) is 12.5. The summed E-state index contributed by atoms with van der Waals surface area (Å²) in [5.74, 6) is 0.229. The molecular formula is C29H37FN4O. The third-order valence-electron chi connectivity index (χ3n) is 7.17. The van der Waals surface area contributed by atoms with Crippen molar-refractivity contribution in [2.75, 3.05) is 32.0 Å². The lowest BCUT2D eigenvalue weighted by Gasteiger charge is -2.33. The second-order valence-electron chi connectivity index (χ2n) is 9.95. The molecular weight excluding hydrogens is 439 g/mol. The van der Waals surface area contributed by atoms with E-state index >= 15 is 0 Å². The number of pyridine rings is 1. The lowest BCUT2D eigenvalue weighted by atomic mass is 9.85. The van der Waals surface area contributed by atoms with Crippen LogP contribution in [0.25, 0.3) is 5.70 Å². The molecule has 0 aliphatic carbocycles. The van der Waals surface area contributed by atoms with Crippen molar-refractivity contribution >= 4 is 11.4 Å². The average molecular weight is 477 g/mol. The Morgan fingerprint density at radius 3 is 2.63 bits per heavy atom. The first kappa shape index (κ1) is 25.0. The van der Waals surface area contributed by atoms with Crippen LogP contribution in [0.2, 0.25) is 0 Å². The smallest absolute Gasteiger partial charge is 0.257 e. The van der Waals surface area contributed by atoms with Gasteiger partial charge in [-0.15, -0.1) is 0 Å². The van der Waals surface area contributed by atoms with Crippen LogP contribution >= 0.6 is 0 Å². The normalized spacial score (nSPS) is 19.7. The molecule has 0 spiro atoms. The summed E-state index contributed by atoms with van der Waals surface area (Å²) in [5, 5.41) is 6.38. The molecule has 2 aliphatic heterocycles. The molecule has 2 aromatic rings. The molecule has 0 saturated carbocycles. The fourth-order valence-electron chi connectivity index (χ4n) is 5.42. The Kier molecular flexibility index (Phi) is 7.60. The Morgan fingerprint density at radius 2 is 1.97 bits per heavy atom. The Bertz CT molecular complexity index is 1210. The van der Waals surface area contributed by atoms with Crippen molar-refractivity contribution in [1.29, 1.82) is 0 Å². The number of nitrogens with one attached hydrogen (secondary N) is 2. The highest BCUT2D eigenvalue weighted by atomic mass is 19.1. The van der Waals surface area contributed by atoms with Gasteiger partial charge >= 0.3 is 0 Å². The molecule has 35 heavy (non-hydrogen) atoms. The van der Waals surface area contributed by atoms with Gasteiger partial charge in [-0.1, -0.05) is 17.7 Å². The highest BCUT2D eigenvalue weighted by Gasteiger charge is 2.25. The Morgan fingerprint density at radius 1 is 1.23 bits per heavy atom. The van der Waals surface area contributed by atoms with Crippen molar-refractivity contribution in [2.24, 2.45) is 0 Å². The second kappa shape index (κ2) is 10.6. The Hall–Kier alpha value is -3.12. The maximum atomic E-state index is 14.7. The predicted molar refractivity (Wildman–Crippen MR) is 143 cm³/mol. The number of allylic oxidation sites excluding steroid dienone is 2. The summed E-state index contributed by atoms with van der Waals surface area (Å²) >= 11 is 0. The number of anilines is 1. The van der Waals surface area contributed by atoms with E-state index in [1.54, 1.807) is 16.7 Å². The number of aryl methyl sites for hydroxylation is 2. The minimum atomic E-state index is -0.0603. The van der Waals surface area contributed by atoms with Gasteiger partial charge in [0.05, 0.1) is 11.7 Å². The topological polar surface area (TPSA) is 49.3 Å². The molecule has 4 rings (SSSR count). The number of rotatable bonds is 6. The van der Waals surface area contributed by atoms with Crippen LogP contribution in [-0.4, -0.2) is 42.2 Å². The van der Waals surface area contributed by atoms with Gasteiger partial charge in [-0.2, -0.15) is 0 Å². The molecule has 6 heteroatoms. The third-order valence-corrected chi connectivity index (χ3v) is 7.17. The van der Waals surface area contributed by atoms with E-state index < -0.39 is 0 Å². The van der Waals surface area contributed by atoms with Crippen LogP contribution < -0.4 is 16.2 Å². The highest BCUT2D eigenvalue weighted by Crippen LogP contribution is 2.33.